The molecule has 140 valence electrons. The lowest BCUT2D eigenvalue weighted by molar-refractivity contribution is -0.115. The third kappa shape index (κ3) is 4.79. The quantitative estimate of drug-likeness (QED) is 0.429. The minimum atomic E-state index is -1.00. The van der Waals surface area contributed by atoms with Crippen LogP contribution in [-0.4, -0.2) is 44.4 Å². The molecule has 1 aromatic carbocycles. The number of carbonyl (C=O) groups excluding carboxylic acids is 1. The summed E-state index contributed by atoms with van der Waals surface area (Å²) in [6.45, 7) is 0.420. The Morgan fingerprint density at radius 1 is 1.23 bits per heavy atom. The van der Waals surface area contributed by atoms with Crippen LogP contribution in [-0.2, 0) is 16.1 Å². The fourth-order valence-electron chi connectivity index (χ4n) is 2.61. The maximum atomic E-state index is 12.5. The number of methoxy groups -OCH3 is 2. The summed E-state index contributed by atoms with van der Waals surface area (Å²) < 4.78 is 10.5. The van der Waals surface area contributed by atoms with Gasteiger partial charge in [0.15, 0.2) is 17.2 Å². The third-order valence-electron chi connectivity index (χ3n) is 3.96. The zero-order valence-corrected chi connectivity index (χ0v) is 15.9. The van der Waals surface area contributed by atoms with E-state index in [-0.39, 0.29) is 11.6 Å². The van der Waals surface area contributed by atoms with Gasteiger partial charge in [-0.2, -0.15) is 0 Å². The number of allylic oxidation sites excluding steroid dienone is 4. The van der Waals surface area contributed by atoms with Gasteiger partial charge < -0.3 is 19.6 Å². The SMILES string of the molecule is CON=C(C(=O)NCCc1ccc(OC)c(OC)c1)C1(Cl)C=CC=CC1. The number of hydrogen-bond acceptors (Lipinski definition) is 5. The Balaban J connectivity index is 1.99. The van der Waals surface area contributed by atoms with Gasteiger partial charge in [0.25, 0.3) is 5.91 Å². The van der Waals surface area contributed by atoms with E-state index in [1.54, 1.807) is 26.4 Å². The lowest BCUT2D eigenvalue weighted by Crippen LogP contribution is -2.44. The van der Waals surface area contributed by atoms with E-state index in [1.165, 1.54) is 7.11 Å². The first-order valence-corrected chi connectivity index (χ1v) is 8.56. The van der Waals surface area contributed by atoms with Crippen molar-refractivity contribution < 1.29 is 19.1 Å². The number of alkyl halides is 1. The van der Waals surface area contributed by atoms with Gasteiger partial charge in [0.1, 0.15) is 12.0 Å². The van der Waals surface area contributed by atoms with Gasteiger partial charge in [-0.05, 0) is 30.5 Å². The van der Waals surface area contributed by atoms with Crippen LogP contribution in [0.3, 0.4) is 0 Å². The summed E-state index contributed by atoms with van der Waals surface area (Å²) in [4.78, 5) is 16.4. The van der Waals surface area contributed by atoms with Crippen LogP contribution < -0.4 is 14.8 Å². The molecule has 1 amide bonds. The van der Waals surface area contributed by atoms with E-state index in [0.717, 1.165) is 5.56 Å². The summed E-state index contributed by atoms with van der Waals surface area (Å²) in [6, 6.07) is 5.64. The maximum Gasteiger partial charge on any atom is 0.271 e. The van der Waals surface area contributed by atoms with Gasteiger partial charge >= 0.3 is 0 Å². The summed E-state index contributed by atoms with van der Waals surface area (Å²) in [6.07, 6.45) is 8.38. The predicted octanol–water partition coefficient (Wildman–Crippen LogP) is 2.86. The van der Waals surface area contributed by atoms with Gasteiger partial charge in [0.2, 0.25) is 0 Å². The molecule has 26 heavy (non-hydrogen) atoms. The topological polar surface area (TPSA) is 69.2 Å². The molecule has 0 saturated carbocycles. The zero-order chi connectivity index (χ0) is 19.0. The Morgan fingerprint density at radius 2 is 2.00 bits per heavy atom. The summed E-state index contributed by atoms with van der Waals surface area (Å²) >= 11 is 6.54. The lowest BCUT2D eigenvalue weighted by atomic mass is 9.93. The normalized spacial score (nSPS) is 19.2. The predicted molar refractivity (Wildman–Crippen MR) is 102 cm³/mol. The van der Waals surface area contributed by atoms with E-state index in [9.17, 15) is 4.79 Å². The molecule has 0 aromatic heterocycles. The summed E-state index contributed by atoms with van der Waals surface area (Å²) in [5.74, 6) is 0.954. The second kappa shape index (κ2) is 9.29. The van der Waals surface area contributed by atoms with E-state index < -0.39 is 4.87 Å². The second-order valence-corrected chi connectivity index (χ2v) is 6.35. The molecular formula is C19H23ClN2O4. The number of carbonyl (C=O) groups is 1. The Morgan fingerprint density at radius 3 is 2.62 bits per heavy atom. The molecule has 6 nitrogen and oxygen atoms in total. The Kier molecular flexibility index (Phi) is 7.09. The lowest BCUT2D eigenvalue weighted by Gasteiger charge is -2.24. The number of nitrogens with zero attached hydrogens (tertiary/aromatic N) is 1. The van der Waals surface area contributed by atoms with E-state index >= 15 is 0 Å². The second-order valence-electron chi connectivity index (χ2n) is 5.67. The summed E-state index contributed by atoms with van der Waals surface area (Å²) in [7, 11) is 4.56. The van der Waals surface area contributed by atoms with E-state index in [1.807, 2.05) is 30.4 Å². The highest BCUT2D eigenvalue weighted by molar-refractivity contribution is 6.54. The van der Waals surface area contributed by atoms with Crippen molar-refractivity contribution >= 4 is 23.2 Å². The highest BCUT2D eigenvalue weighted by Crippen LogP contribution is 2.29. The van der Waals surface area contributed by atoms with E-state index in [2.05, 4.69) is 10.5 Å². The molecule has 0 fully saturated rings. The molecule has 0 bridgehead atoms. The van der Waals surface area contributed by atoms with Gasteiger partial charge in [0, 0.05) is 6.54 Å². The van der Waals surface area contributed by atoms with Crippen molar-refractivity contribution in [3.63, 3.8) is 0 Å². The van der Waals surface area contributed by atoms with E-state index in [4.69, 9.17) is 25.9 Å². The molecular weight excluding hydrogens is 356 g/mol. The number of rotatable bonds is 8. The van der Waals surface area contributed by atoms with Gasteiger partial charge in [-0.3, -0.25) is 4.79 Å². The summed E-state index contributed by atoms with van der Waals surface area (Å²) in [5.41, 5.74) is 1.14. The average Bonchev–Trinajstić information content (AvgIpc) is 2.66. The molecule has 2 rings (SSSR count). The van der Waals surface area contributed by atoms with Crippen LogP contribution in [0.1, 0.15) is 12.0 Å². The van der Waals surface area contributed by atoms with E-state index in [0.29, 0.717) is 30.9 Å². The van der Waals surface area contributed by atoms with Crippen LogP contribution in [0.5, 0.6) is 11.5 Å². The smallest absolute Gasteiger partial charge is 0.271 e. The van der Waals surface area contributed by atoms with Crippen molar-refractivity contribution in [3.05, 3.63) is 48.1 Å². The standard InChI is InChI=1S/C19H23ClN2O4/c1-24-15-8-7-14(13-16(15)25-2)9-12-21-18(23)17(22-26-3)19(20)10-5-4-6-11-19/h4-8,10,13H,9,11-12H2,1-3H3,(H,21,23). The highest BCUT2D eigenvalue weighted by atomic mass is 35.5. The molecule has 1 atom stereocenters. The number of halogens is 1. The summed E-state index contributed by atoms with van der Waals surface area (Å²) in [5, 5.41) is 6.69. The number of hydrogen-bond donors (Lipinski definition) is 1. The number of ether oxygens (including phenoxy) is 2. The highest BCUT2D eigenvalue weighted by Gasteiger charge is 2.36. The van der Waals surface area contributed by atoms with Crippen molar-refractivity contribution in [3.8, 4) is 11.5 Å². The molecule has 0 saturated heterocycles. The Bertz CT molecular complexity index is 730. The molecule has 1 N–H and O–H groups in total. The largest absolute Gasteiger partial charge is 0.493 e. The van der Waals surface area contributed by atoms with Crippen LogP contribution in [0.2, 0.25) is 0 Å². The molecule has 1 aliphatic rings. The van der Waals surface area contributed by atoms with Gasteiger partial charge in [-0.25, -0.2) is 0 Å². The molecule has 7 heteroatoms. The van der Waals surface area contributed by atoms with Crippen LogP contribution in [0.4, 0.5) is 0 Å². The van der Waals surface area contributed by atoms with Crippen molar-refractivity contribution in [1.82, 2.24) is 5.32 Å². The molecule has 1 aromatic rings. The van der Waals surface area contributed by atoms with Crippen molar-refractivity contribution in [1.29, 1.82) is 0 Å². The number of amides is 1. The first kappa shape index (κ1) is 19.8. The first-order chi connectivity index (χ1) is 12.5. The van der Waals surface area contributed by atoms with Crippen LogP contribution in [0.15, 0.2) is 47.7 Å². The zero-order valence-electron chi connectivity index (χ0n) is 15.1. The molecule has 1 unspecified atom stereocenters. The molecule has 0 heterocycles. The minimum absolute atomic E-state index is 0.134. The molecule has 0 radical (unpaired) electrons. The molecule has 0 aliphatic heterocycles. The Hall–Kier alpha value is -2.47. The van der Waals surface area contributed by atoms with Gasteiger partial charge in [-0.1, -0.05) is 35.5 Å². The molecule has 0 spiro atoms. The molecule has 1 aliphatic carbocycles. The van der Waals surface area contributed by atoms with Crippen molar-refractivity contribution in [2.45, 2.75) is 17.7 Å². The number of nitrogens with one attached hydrogen (secondary N) is 1. The fourth-order valence-corrected chi connectivity index (χ4v) is 2.89. The van der Waals surface area contributed by atoms with Crippen LogP contribution in [0, 0.1) is 0 Å². The van der Waals surface area contributed by atoms with Crippen molar-refractivity contribution in [2.24, 2.45) is 5.16 Å². The van der Waals surface area contributed by atoms with Gasteiger partial charge in [0.05, 0.1) is 14.2 Å². The van der Waals surface area contributed by atoms with Crippen molar-refractivity contribution in [2.75, 3.05) is 27.9 Å². The monoisotopic (exact) mass is 378 g/mol. The fraction of sp³-hybridized carbons (Fsp3) is 0.368. The number of benzene rings is 1. The Labute approximate surface area is 158 Å². The van der Waals surface area contributed by atoms with Gasteiger partial charge in [-0.15, -0.1) is 11.6 Å². The first-order valence-electron chi connectivity index (χ1n) is 8.18. The number of oxime groups is 1. The van der Waals surface area contributed by atoms with Crippen LogP contribution >= 0.6 is 11.6 Å². The maximum absolute atomic E-state index is 12.5. The average molecular weight is 379 g/mol. The third-order valence-corrected chi connectivity index (χ3v) is 4.42. The van der Waals surface area contributed by atoms with Crippen LogP contribution in [0.25, 0.3) is 0 Å². The minimum Gasteiger partial charge on any atom is -0.493 e.